The van der Waals surface area contributed by atoms with Crippen molar-refractivity contribution in [2.75, 3.05) is 6.54 Å². The lowest BCUT2D eigenvalue weighted by Gasteiger charge is -2.23. The first-order valence-corrected chi connectivity index (χ1v) is 7.93. The van der Waals surface area contributed by atoms with Gasteiger partial charge in [-0.1, -0.05) is 25.0 Å². The zero-order chi connectivity index (χ0) is 17.5. The predicted octanol–water partition coefficient (Wildman–Crippen LogP) is 3.06. The summed E-state index contributed by atoms with van der Waals surface area (Å²) in [6, 6.07) is 4.10. The van der Waals surface area contributed by atoms with Crippen LogP contribution in [0.3, 0.4) is 0 Å². The Balaban J connectivity index is 1.71. The fraction of sp³-hybridized carbons (Fsp3) is 0.529. The van der Waals surface area contributed by atoms with Gasteiger partial charge in [0.15, 0.2) is 0 Å². The van der Waals surface area contributed by atoms with Crippen molar-refractivity contribution in [2.24, 2.45) is 5.41 Å². The molecule has 1 aromatic rings. The van der Waals surface area contributed by atoms with Crippen LogP contribution in [0.5, 0.6) is 0 Å². The van der Waals surface area contributed by atoms with Crippen LogP contribution < -0.4 is 0 Å². The van der Waals surface area contributed by atoms with E-state index >= 15 is 0 Å². The Bertz CT molecular complexity index is 648. The number of rotatable bonds is 3. The van der Waals surface area contributed by atoms with Crippen molar-refractivity contribution >= 4 is 11.8 Å². The number of hydrogen-bond acceptors (Lipinski definition) is 3. The van der Waals surface area contributed by atoms with E-state index in [9.17, 15) is 27.9 Å². The number of benzene rings is 1. The highest BCUT2D eigenvalue weighted by Crippen LogP contribution is 2.47. The number of nitrogens with zero attached hydrogens (tertiary/aromatic N) is 1. The normalized spacial score (nSPS) is 21.8. The highest BCUT2D eigenvalue weighted by atomic mass is 19.4. The standard InChI is InChI=1S/C17H18F3NO3/c18-17(19,20)12-5-3-11(4-6-12)13(22)10-21-14(23)9-16(15(21)24)7-1-2-8-16/h3-6,13,22H,1-2,7-10H2/t13-/m1/s1. The highest BCUT2D eigenvalue weighted by Gasteiger charge is 2.52. The summed E-state index contributed by atoms with van der Waals surface area (Å²) in [5.74, 6) is -0.566. The molecule has 1 aliphatic heterocycles. The topological polar surface area (TPSA) is 57.6 Å². The monoisotopic (exact) mass is 341 g/mol. The summed E-state index contributed by atoms with van der Waals surface area (Å²) >= 11 is 0. The molecule has 7 heteroatoms. The van der Waals surface area contributed by atoms with Gasteiger partial charge in [-0.25, -0.2) is 0 Å². The molecule has 0 aromatic heterocycles. The van der Waals surface area contributed by atoms with Gasteiger partial charge in [0.2, 0.25) is 11.8 Å². The van der Waals surface area contributed by atoms with E-state index in [-0.39, 0.29) is 30.3 Å². The van der Waals surface area contributed by atoms with Crippen LogP contribution in [-0.2, 0) is 15.8 Å². The van der Waals surface area contributed by atoms with E-state index in [0.29, 0.717) is 12.8 Å². The number of aliphatic hydroxyl groups is 1. The Morgan fingerprint density at radius 3 is 2.25 bits per heavy atom. The summed E-state index contributed by atoms with van der Waals surface area (Å²) in [4.78, 5) is 25.7. The van der Waals surface area contributed by atoms with Crippen LogP contribution >= 0.6 is 0 Å². The summed E-state index contributed by atoms with van der Waals surface area (Å²) in [6.45, 7) is -0.217. The lowest BCUT2D eigenvalue weighted by Crippen LogP contribution is -2.37. The van der Waals surface area contributed by atoms with Crippen molar-refractivity contribution in [1.82, 2.24) is 4.90 Å². The molecule has 1 spiro atoms. The van der Waals surface area contributed by atoms with Crippen molar-refractivity contribution in [3.8, 4) is 0 Å². The van der Waals surface area contributed by atoms with E-state index in [1.807, 2.05) is 0 Å². The second-order valence-corrected chi connectivity index (χ2v) is 6.61. The van der Waals surface area contributed by atoms with Gasteiger partial charge in [0, 0.05) is 6.42 Å². The van der Waals surface area contributed by atoms with Crippen LogP contribution in [0.1, 0.15) is 49.3 Å². The first kappa shape index (κ1) is 17.0. The van der Waals surface area contributed by atoms with Gasteiger partial charge in [-0.05, 0) is 30.5 Å². The zero-order valence-corrected chi connectivity index (χ0v) is 13.0. The van der Waals surface area contributed by atoms with Gasteiger partial charge in [-0.2, -0.15) is 13.2 Å². The predicted molar refractivity (Wildman–Crippen MR) is 78.6 cm³/mol. The smallest absolute Gasteiger partial charge is 0.387 e. The highest BCUT2D eigenvalue weighted by molar-refractivity contribution is 6.06. The Labute approximate surface area is 137 Å². The Kier molecular flexibility index (Phi) is 4.15. The van der Waals surface area contributed by atoms with Crippen LogP contribution in [0.4, 0.5) is 13.2 Å². The summed E-state index contributed by atoms with van der Waals surface area (Å²) < 4.78 is 37.7. The molecule has 4 nitrogen and oxygen atoms in total. The van der Waals surface area contributed by atoms with Gasteiger partial charge in [0.25, 0.3) is 0 Å². The molecule has 0 bridgehead atoms. The van der Waals surface area contributed by atoms with Crippen LogP contribution in [-0.4, -0.2) is 28.4 Å². The van der Waals surface area contributed by atoms with Crippen molar-refractivity contribution in [2.45, 2.75) is 44.4 Å². The molecule has 3 rings (SSSR count). The van der Waals surface area contributed by atoms with Crippen LogP contribution in [0, 0.1) is 5.41 Å². The summed E-state index contributed by atoms with van der Waals surface area (Å²) in [6.07, 6.45) is -2.28. The first-order chi connectivity index (χ1) is 11.2. The fourth-order valence-corrected chi connectivity index (χ4v) is 3.66. The molecule has 2 amide bonds. The minimum Gasteiger partial charge on any atom is -0.387 e. The number of imide groups is 1. The number of aliphatic hydroxyl groups excluding tert-OH is 1. The molecule has 0 radical (unpaired) electrons. The molecule has 1 aliphatic carbocycles. The van der Waals surface area contributed by atoms with Crippen LogP contribution in [0.25, 0.3) is 0 Å². The van der Waals surface area contributed by atoms with E-state index < -0.39 is 23.3 Å². The molecule has 1 atom stereocenters. The van der Waals surface area contributed by atoms with E-state index in [0.717, 1.165) is 29.9 Å². The zero-order valence-electron chi connectivity index (χ0n) is 13.0. The number of carbonyl (C=O) groups is 2. The van der Waals surface area contributed by atoms with E-state index in [1.165, 1.54) is 12.1 Å². The number of halogens is 3. The van der Waals surface area contributed by atoms with Gasteiger partial charge in [-0.3, -0.25) is 14.5 Å². The molecule has 24 heavy (non-hydrogen) atoms. The van der Waals surface area contributed by atoms with Crippen molar-refractivity contribution in [3.05, 3.63) is 35.4 Å². The number of amides is 2. The van der Waals surface area contributed by atoms with Gasteiger partial charge >= 0.3 is 6.18 Å². The number of β-amino-alcohol motifs (C(OH)–C–C–N with tert-alkyl or cyclic N) is 1. The number of hydrogen-bond donors (Lipinski definition) is 1. The third-order valence-electron chi connectivity index (χ3n) is 5.03. The van der Waals surface area contributed by atoms with E-state index in [1.54, 1.807) is 0 Å². The average Bonchev–Trinajstić information content (AvgIpc) is 3.08. The molecule has 2 fully saturated rings. The maximum Gasteiger partial charge on any atom is 0.416 e. The third kappa shape index (κ3) is 2.92. The molecule has 1 saturated heterocycles. The SMILES string of the molecule is O=C1CC2(CCCC2)C(=O)N1C[C@@H](O)c1ccc(C(F)(F)F)cc1. The summed E-state index contributed by atoms with van der Waals surface area (Å²) in [7, 11) is 0. The van der Waals surface area contributed by atoms with Gasteiger partial charge in [0.1, 0.15) is 0 Å². The third-order valence-corrected chi connectivity index (χ3v) is 5.03. The number of carbonyl (C=O) groups excluding carboxylic acids is 2. The minimum atomic E-state index is -4.45. The molecule has 1 aromatic carbocycles. The van der Waals surface area contributed by atoms with Crippen molar-refractivity contribution in [3.63, 3.8) is 0 Å². The molecule has 1 N–H and O–H groups in total. The quantitative estimate of drug-likeness (QED) is 0.860. The Morgan fingerprint density at radius 2 is 1.71 bits per heavy atom. The maximum atomic E-state index is 12.6. The maximum absolute atomic E-state index is 12.6. The second-order valence-electron chi connectivity index (χ2n) is 6.61. The average molecular weight is 341 g/mol. The van der Waals surface area contributed by atoms with E-state index in [4.69, 9.17) is 0 Å². The minimum absolute atomic E-state index is 0.172. The Morgan fingerprint density at radius 1 is 1.12 bits per heavy atom. The molecule has 2 aliphatic rings. The first-order valence-electron chi connectivity index (χ1n) is 7.93. The number of alkyl halides is 3. The van der Waals surface area contributed by atoms with Gasteiger partial charge in [0.05, 0.1) is 23.6 Å². The lowest BCUT2D eigenvalue weighted by atomic mass is 9.84. The summed E-state index contributed by atoms with van der Waals surface area (Å²) in [5.41, 5.74) is -1.18. The second kappa shape index (κ2) is 5.88. The van der Waals surface area contributed by atoms with Crippen LogP contribution in [0.2, 0.25) is 0 Å². The van der Waals surface area contributed by atoms with Crippen LogP contribution in [0.15, 0.2) is 24.3 Å². The fourth-order valence-electron chi connectivity index (χ4n) is 3.66. The molecule has 0 unspecified atom stereocenters. The number of likely N-dealkylation sites (tertiary alicyclic amines) is 1. The molecular weight excluding hydrogens is 323 g/mol. The van der Waals surface area contributed by atoms with Gasteiger partial charge < -0.3 is 5.11 Å². The lowest BCUT2D eigenvalue weighted by molar-refractivity contribution is -0.143. The summed E-state index contributed by atoms with van der Waals surface area (Å²) in [5, 5.41) is 10.2. The van der Waals surface area contributed by atoms with Crippen molar-refractivity contribution in [1.29, 1.82) is 0 Å². The molecule has 130 valence electrons. The van der Waals surface area contributed by atoms with E-state index in [2.05, 4.69) is 0 Å². The molecular formula is C17H18F3NO3. The Hall–Kier alpha value is -1.89. The van der Waals surface area contributed by atoms with Crippen molar-refractivity contribution < 1.29 is 27.9 Å². The molecule has 1 heterocycles. The molecule has 1 saturated carbocycles. The van der Waals surface area contributed by atoms with Gasteiger partial charge in [-0.15, -0.1) is 0 Å². The largest absolute Gasteiger partial charge is 0.416 e.